The third-order valence-electron chi connectivity index (χ3n) is 2.25. The number of anilines is 1. The molecular formula is C9H12N6OS2. The van der Waals surface area contributed by atoms with E-state index in [-0.39, 0.29) is 6.03 Å². The molecule has 0 atom stereocenters. The summed E-state index contributed by atoms with van der Waals surface area (Å²) >= 11 is 2.69. The summed E-state index contributed by atoms with van der Waals surface area (Å²) in [5.41, 5.74) is 0.942. The van der Waals surface area contributed by atoms with Gasteiger partial charge in [0.25, 0.3) is 0 Å². The Morgan fingerprint density at radius 1 is 1.56 bits per heavy atom. The smallest absolute Gasteiger partial charge is 0.320 e. The second-order valence-corrected chi connectivity index (χ2v) is 4.94. The molecule has 0 aliphatic heterocycles. The highest BCUT2D eigenvalue weighted by Crippen LogP contribution is 2.13. The number of rotatable bonds is 4. The quantitative estimate of drug-likeness (QED) is 0.827. The first-order chi connectivity index (χ1) is 8.70. The van der Waals surface area contributed by atoms with Gasteiger partial charge in [-0.3, -0.25) is 5.32 Å². The Bertz CT molecular complexity index is 523. The highest BCUT2D eigenvalue weighted by molar-refractivity contribution is 7.98. The van der Waals surface area contributed by atoms with Crippen molar-refractivity contribution in [2.45, 2.75) is 11.7 Å². The lowest BCUT2D eigenvalue weighted by molar-refractivity contribution is 0.251. The van der Waals surface area contributed by atoms with Gasteiger partial charge in [-0.15, -0.1) is 5.10 Å². The van der Waals surface area contributed by atoms with Crippen molar-refractivity contribution in [3.05, 3.63) is 18.1 Å². The summed E-state index contributed by atoms with van der Waals surface area (Å²) in [6.07, 6.45) is 5.21. The molecule has 2 N–H and O–H groups in total. The number of amides is 2. The fourth-order valence-corrected chi connectivity index (χ4v) is 2.29. The van der Waals surface area contributed by atoms with Crippen LogP contribution in [0, 0.1) is 0 Å². The summed E-state index contributed by atoms with van der Waals surface area (Å²) in [5.74, 6) is 0. The number of imidazole rings is 1. The maximum absolute atomic E-state index is 11.6. The van der Waals surface area contributed by atoms with Gasteiger partial charge in [0.2, 0.25) is 0 Å². The first kappa shape index (κ1) is 12.8. The SMILES string of the molecule is CSc1ncc(CNC(=O)Nc2cnns2)n1C. The van der Waals surface area contributed by atoms with Crippen LogP contribution in [0.15, 0.2) is 17.6 Å². The number of aromatic nitrogens is 4. The van der Waals surface area contributed by atoms with Crippen LogP contribution in [-0.2, 0) is 13.6 Å². The minimum absolute atomic E-state index is 0.284. The number of thioether (sulfide) groups is 1. The Hall–Kier alpha value is -1.61. The molecule has 0 radical (unpaired) electrons. The normalized spacial score (nSPS) is 10.3. The molecule has 2 rings (SSSR count). The molecule has 2 heterocycles. The molecule has 2 aromatic heterocycles. The van der Waals surface area contributed by atoms with Crippen molar-refractivity contribution >= 4 is 34.3 Å². The van der Waals surface area contributed by atoms with Gasteiger partial charge in [-0.1, -0.05) is 16.3 Å². The van der Waals surface area contributed by atoms with E-state index in [4.69, 9.17) is 0 Å². The maximum Gasteiger partial charge on any atom is 0.320 e. The zero-order valence-electron chi connectivity index (χ0n) is 9.88. The van der Waals surface area contributed by atoms with Gasteiger partial charge in [0.1, 0.15) is 5.00 Å². The molecule has 0 aromatic carbocycles. The molecule has 0 bridgehead atoms. The van der Waals surface area contributed by atoms with Crippen molar-refractivity contribution in [1.29, 1.82) is 0 Å². The third-order valence-corrected chi connectivity index (χ3v) is 3.58. The summed E-state index contributed by atoms with van der Waals surface area (Å²) in [6.45, 7) is 0.419. The summed E-state index contributed by atoms with van der Waals surface area (Å²) < 4.78 is 5.60. The summed E-state index contributed by atoms with van der Waals surface area (Å²) in [5, 5.41) is 10.5. The zero-order chi connectivity index (χ0) is 13.0. The van der Waals surface area contributed by atoms with Gasteiger partial charge in [0.15, 0.2) is 5.16 Å². The van der Waals surface area contributed by atoms with Crippen LogP contribution in [0.4, 0.5) is 9.80 Å². The standard InChI is InChI=1S/C9H12N6OS2/c1-15-6(4-11-9(15)17-2)3-10-8(16)13-7-5-12-14-18-7/h4-5H,3H2,1-2H3,(H2,10,13,16). The van der Waals surface area contributed by atoms with Crippen molar-refractivity contribution in [3.8, 4) is 0 Å². The van der Waals surface area contributed by atoms with Crippen LogP contribution in [0.1, 0.15) is 5.69 Å². The average molecular weight is 284 g/mol. The van der Waals surface area contributed by atoms with Gasteiger partial charge in [-0.25, -0.2) is 9.78 Å². The van der Waals surface area contributed by atoms with Crippen LogP contribution < -0.4 is 10.6 Å². The van der Waals surface area contributed by atoms with Gasteiger partial charge >= 0.3 is 6.03 Å². The Balaban J connectivity index is 1.87. The highest BCUT2D eigenvalue weighted by Gasteiger charge is 2.07. The Morgan fingerprint density at radius 3 is 3.00 bits per heavy atom. The van der Waals surface area contributed by atoms with E-state index in [1.54, 1.807) is 18.0 Å². The van der Waals surface area contributed by atoms with Crippen LogP contribution in [0.2, 0.25) is 0 Å². The Morgan fingerprint density at radius 2 is 2.39 bits per heavy atom. The number of nitrogens with zero attached hydrogens (tertiary/aromatic N) is 4. The van der Waals surface area contributed by atoms with E-state index >= 15 is 0 Å². The number of carbonyl (C=O) groups excluding carboxylic acids is 1. The largest absolute Gasteiger partial charge is 0.332 e. The van der Waals surface area contributed by atoms with Gasteiger partial charge in [-0.2, -0.15) is 0 Å². The summed E-state index contributed by atoms with van der Waals surface area (Å²) in [7, 11) is 1.92. The molecular weight excluding hydrogens is 272 g/mol. The first-order valence-electron chi connectivity index (χ1n) is 5.07. The molecule has 2 aromatic rings. The molecule has 0 aliphatic carbocycles. The lowest BCUT2D eigenvalue weighted by Crippen LogP contribution is -2.28. The van der Waals surface area contributed by atoms with E-state index in [1.807, 2.05) is 17.9 Å². The monoisotopic (exact) mass is 284 g/mol. The molecule has 0 spiro atoms. The molecule has 2 amide bonds. The molecule has 0 saturated heterocycles. The van der Waals surface area contributed by atoms with Gasteiger partial charge in [0.05, 0.1) is 24.6 Å². The van der Waals surface area contributed by atoms with Crippen molar-refractivity contribution in [3.63, 3.8) is 0 Å². The summed E-state index contributed by atoms with van der Waals surface area (Å²) in [4.78, 5) is 15.8. The van der Waals surface area contributed by atoms with Crippen LogP contribution in [0.3, 0.4) is 0 Å². The minimum Gasteiger partial charge on any atom is -0.332 e. The Kier molecular flexibility index (Phi) is 4.15. The van der Waals surface area contributed by atoms with Crippen LogP contribution in [-0.4, -0.2) is 31.4 Å². The van der Waals surface area contributed by atoms with Crippen LogP contribution in [0.5, 0.6) is 0 Å². The van der Waals surface area contributed by atoms with E-state index < -0.39 is 0 Å². The fourth-order valence-electron chi connectivity index (χ4n) is 1.33. The number of urea groups is 1. The predicted molar refractivity (Wildman–Crippen MR) is 70.8 cm³/mol. The minimum atomic E-state index is -0.284. The number of hydrogen-bond donors (Lipinski definition) is 2. The first-order valence-corrected chi connectivity index (χ1v) is 7.07. The predicted octanol–water partition coefficient (Wildman–Crippen LogP) is 1.32. The average Bonchev–Trinajstić information content (AvgIpc) is 2.97. The molecule has 0 unspecified atom stereocenters. The number of nitrogens with one attached hydrogen (secondary N) is 2. The van der Waals surface area contributed by atoms with E-state index in [1.165, 1.54) is 6.20 Å². The molecule has 0 aliphatic rings. The van der Waals surface area contributed by atoms with Crippen molar-refractivity contribution in [1.82, 2.24) is 24.5 Å². The lowest BCUT2D eigenvalue weighted by atomic mass is 10.4. The fraction of sp³-hybridized carbons (Fsp3) is 0.333. The molecule has 7 nitrogen and oxygen atoms in total. The molecule has 18 heavy (non-hydrogen) atoms. The maximum atomic E-state index is 11.6. The van der Waals surface area contributed by atoms with E-state index in [0.29, 0.717) is 11.5 Å². The number of carbonyl (C=O) groups is 1. The second-order valence-electron chi connectivity index (χ2n) is 3.38. The number of hydrogen-bond acceptors (Lipinski definition) is 6. The van der Waals surface area contributed by atoms with Crippen molar-refractivity contribution < 1.29 is 4.79 Å². The lowest BCUT2D eigenvalue weighted by Gasteiger charge is -2.06. The van der Waals surface area contributed by atoms with E-state index in [0.717, 1.165) is 22.4 Å². The van der Waals surface area contributed by atoms with E-state index in [9.17, 15) is 4.79 Å². The second kappa shape index (κ2) is 5.83. The zero-order valence-corrected chi connectivity index (χ0v) is 11.5. The van der Waals surface area contributed by atoms with Crippen molar-refractivity contribution in [2.24, 2.45) is 7.05 Å². The van der Waals surface area contributed by atoms with Crippen molar-refractivity contribution in [2.75, 3.05) is 11.6 Å². The van der Waals surface area contributed by atoms with Crippen LogP contribution in [0.25, 0.3) is 0 Å². The van der Waals surface area contributed by atoms with Gasteiger partial charge in [0, 0.05) is 18.6 Å². The Labute approximate surface area is 112 Å². The van der Waals surface area contributed by atoms with E-state index in [2.05, 4.69) is 25.2 Å². The van der Waals surface area contributed by atoms with Crippen LogP contribution >= 0.6 is 23.3 Å². The molecule has 9 heteroatoms. The molecule has 0 saturated carbocycles. The van der Waals surface area contributed by atoms with Gasteiger partial charge < -0.3 is 9.88 Å². The van der Waals surface area contributed by atoms with Gasteiger partial charge in [-0.05, 0) is 6.26 Å². The topological polar surface area (TPSA) is 84.7 Å². The molecule has 96 valence electrons. The third kappa shape index (κ3) is 2.99. The summed E-state index contributed by atoms with van der Waals surface area (Å²) in [6, 6.07) is -0.284. The molecule has 0 fully saturated rings. The highest BCUT2D eigenvalue weighted by atomic mass is 32.2.